The Morgan fingerprint density at radius 2 is 2.00 bits per heavy atom. The van der Waals surface area contributed by atoms with Gasteiger partial charge in [0.05, 0.1) is 11.0 Å². The van der Waals surface area contributed by atoms with Gasteiger partial charge < -0.3 is 20.3 Å². The highest BCUT2D eigenvalue weighted by Gasteiger charge is 2.25. The van der Waals surface area contributed by atoms with E-state index in [1.807, 2.05) is 0 Å². The number of amides is 1. The van der Waals surface area contributed by atoms with Crippen molar-refractivity contribution in [1.82, 2.24) is 5.32 Å². The summed E-state index contributed by atoms with van der Waals surface area (Å²) in [6.07, 6.45) is -3.88. The molecule has 0 aliphatic carbocycles. The third kappa shape index (κ3) is 6.28. The lowest BCUT2D eigenvalue weighted by atomic mass is 9.99. The SMILES string of the molecule is Cc1cc(F)c(C(O)C(O)CCNC(=O)OC(C)(C)C)cc1[N+](=O)[O-]. The number of ether oxygens (including phenoxy) is 1. The lowest BCUT2D eigenvalue weighted by Gasteiger charge is -2.21. The number of nitro benzene ring substituents is 1. The Hall–Kier alpha value is -2.26. The highest BCUT2D eigenvalue weighted by Crippen LogP contribution is 2.28. The highest BCUT2D eigenvalue weighted by atomic mass is 19.1. The average molecular weight is 358 g/mol. The minimum Gasteiger partial charge on any atom is -0.444 e. The minimum absolute atomic E-state index is 0.0251. The van der Waals surface area contributed by atoms with Gasteiger partial charge in [0.25, 0.3) is 5.69 Å². The van der Waals surface area contributed by atoms with Crippen LogP contribution in [0.5, 0.6) is 0 Å². The number of carbonyl (C=O) groups is 1. The molecule has 0 aliphatic rings. The number of aliphatic hydroxyl groups is 2. The zero-order valence-corrected chi connectivity index (χ0v) is 14.6. The Bertz CT molecular complexity index is 644. The van der Waals surface area contributed by atoms with Gasteiger partial charge in [-0.25, -0.2) is 9.18 Å². The first-order chi connectivity index (χ1) is 11.4. The van der Waals surface area contributed by atoms with Gasteiger partial charge in [-0.3, -0.25) is 10.1 Å². The van der Waals surface area contributed by atoms with E-state index >= 15 is 0 Å². The van der Waals surface area contributed by atoms with Gasteiger partial charge in [0.1, 0.15) is 17.5 Å². The van der Waals surface area contributed by atoms with Crippen molar-refractivity contribution in [1.29, 1.82) is 0 Å². The molecule has 9 heteroatoms. The molecule has 0 bridgehead atoms. The second-order valence-corrected chi connectivity index (χ2v) is 6.65. The molecule has 3 N–H and O–H groups in total. The van der Waals surface area contributed by atoms with Crippen molar-refractivity contribution in [2.24, 2.45) is 0 Å². The number of benzene rings is 1. The van der Waals surface area contributed by atoms with Crippen LogP contribution in [0.4, 0.5) is 14.9 Å². The van der Waals surface area contributed by atoms with E-state index in [0.29, 0.717) is 0 Å². The second kappa shape index (κ2) is 8.21. The van der Waals surface area contributed by atoms with Crippen molar-refractivity contribution in [3.8, 4) is 0 Å². The van der Waals surface area contributed by atoms with Gasteiger partial charge >= 0.3 is 6.09 Å². The smallest absolute Gasteiger partial charge is 0.407 e. The number of halogens is 1. The lowest BCUT2D eigenvalue weighted by molar-refractivity contribution is -0.385. The first-order valence-electron chi connectivity index (χ1n) is 7.70. The molecule has 0 saturated carbocycles. The van der Waals surface area contributed by atoms with Crippen LogP contribution in [-0.4, -0.2) is 39.5 Å². The van der Waals surface area contributed by atoms with Crippen molar-refractivity contribution in [3.63, 3.8) is 0 Å². The van der Waals surface area contributed by atoms with Crippen LogP contribution in [0.2, 0.25) is 0 Å². The van der Waals surface area contributed by atoms with Crippen molar-refractivity contribution < 1.29 is 29.1 Å². The molecular formula is C16H23FN2O6. The molecule has 0 aromatic heterocycles. The summed E-state index contributed by atoms with van der Waals surface area (Å²) in [5, 5.41) is 33.3. The fourth-order valence-electron chi connectivity index (χ4n) is 2.10. The van der Waals surface area contributed by atoms with E-state index in [0.717, 1.165) is 12.1 Å². The molecule has 2 atom stereocenters. The highest BCUT2D eigenvalue weighted by molar-refractivity contribution is 5.67. The zero-order chi connectivity index (χ0) is 19.4. The van der Waals surface area contributed by atoms with Gasteiger partial charge in [-0.1, -0.05) is 0 Å². The van der Waals surface area contributed by atoms with Crippen LogP contribution in [0.1, 0.15) is 44.4 Å². The van der Waals surface area contributed by atoms with Crippen molar-refractivity contribution >= 4 is 11.8 Å². The first-order valence-corrected chi connectivity index (χ1v) is 7.70. The molecule has 0 spiro atoms. The summed E-state index contributed by atoms with van der Waals surface area (Å²) in [5.74, 6) is -0.852. The number of alkyl carbamates (subject to hydrolysis) is 1. The molecule has 140 valence electrons. The summed E-state index contributed by atoms with van der Waals surface area (Å²) < 4.78 is 19.0. The van der Waals surface area contributed by atoms with E-state index in [9.17, 15) is 29.5 Å². The Morgan fingerprint density at radius 1 is 1.40 bits per heavy atom. The molecule has 1 amide bonds. The van der Waals surface area contributed by atoms with Crippen molar-refractivity contribution in [2.75, 3.05) is 6.54 Å². The van der Waals surface area contributed by atoms with Crippen LogP contribution in [0.15, 0.2) is 12.1 Å². The maximum atomic E-state index is 14.0. The number of aryl methyl sites for hydroxylation is 1. The van der Waals surface area contributed by atoms with E-state index in [4.69, 9.17) is 4.74 Å². The molecular weight excluding hydrogens is 335 g/mol. The van der Waals surface area contributed by atoms with Crippen molar-refractivity contribution in [2.45, 2.75) is 51.9 Å². The number of nitro groups is 1. The van der Waals surface area contributed by atoms with Gasteiger partial charge in [0, 0.05) is 23.7 Å². The largest absolute Gasteiger partial charge is 0.444 e. The summed E-state index contributed by atoms with van der Waals surface area (Å²) in [6, 6.07) is 1.84. The standard InChI is InChI=1S/C16H23FN2O6/c1-9-7-11(17)10(8-12(9)19(23)24)14(21)13(20)5-6-18-15(22)25-16(2,3)4/h7-8,13-14,20-21H,5-6H2,1-4H3,(H,18,22). The number of nitrogens with zero attached hydrogens (tertiary/aromatic N) is 1. The van der Waals surface area contributed by atoms with E-state index in [2.05, 4.69) is 5.32 Å². The monoisotopic (exact) mass is 358 g/mol. The van der Waals surface area contributed by atoms with Gasteiger partial charge in [-0.15, -0.1) is 0 Å². The predicted molar refractivity (Wildman–Crippen MR) is 87.6 cm³/mol. The molecule has 1 rings (SSSR count). The molecule has 0 heterocycles. The number of carbonyl (C=O) groups excluding carboxylic acids is 1. The van der Waals surface area contributed by atoms with Crippen LogP contribution >= 0.6 is 0 Å². The maximum absolute atomic E-state index is 14.0. The second-order valence-electron chi connectivity index (χ2n) is 6.65. The van der Waals surface area contributed by atoms with Crippen LogP contribution in [-0.2, 0) is 4.74 Å². The van der Waals surface area contributed by atoms with Gasteiger partial charge in [-0.05, 0) is 40.2 Å². The third-order valence-corrected chi connectivity index (χ3v) is 3.30. The Kier molecular flexibility index (Phi) is 6.83. The molecule has 8 nitrogen and oxygen atoms in total. The maximum Gasteiger partial charge on any atom is 0.407 e. The molecule has 0 fully saturated rings. The van der Waals surface area contributed by atoms with E-state index in [1.54, 1.807) is 20.8 Å². The first kappa shape index (κ1) is 20.8. The number of aliphatic hydroxyl groups excluding tert-OH is 2. The summed E-state index contributed by atoms with van der Waals surface area (Å²) >= 11 is 0. The molecule has 0 saturated heterocycles. The normalized spacial score (nSPS) is 13.9. The molecule has 0 aliphatic heterocycles. The quantitative estimate of drug-likeness (QED) is 0.530. The molecule has 25 heavy (non-hydrogen) atoms. The fraction of sp³-hybridized carbons (Fsp3) is 0.562. The summed E-state index contributed by atoms with van der Waals surface area (Å²) in [4.78, 5) is 21.7. The van der Waals surface area contributed by atoms with Crippen LogP contribution in [0, 0.1) is 22.9 Å². The van der Waals surface area contributed by atoms with Gasteiger partial charge in [0.15, 0.2) is 0 Å². The molecule has 0 radical (unpaired) electrons. The number of hydrogen-bond donors (Lipinski definition) is 3. The van der Waals surface area contributed by atoms with Crippen LogP contribution < -0.4 is 5.32 Å². The van der Waals surface area contributed by atoms with E-state index < -0.39 is 34.6 Å². The third-order valence-electron chi connectivity index (χ3n) is 3.30. The van der Waals surface area contributed by atoms with E-state index in [1.165, 1.54) is 6.92 Å². The van der Waals surface area contributed by atoms with Crippen LogP contribution in [0.3, 0.4) is 0 Å². The van der Waals surface area contributed by atoms with Crippen LogP contribution in [0.25, 0.3) is 0 Å². The number of hydrogen-bond acceptors (Lipinski definition) is 6. The number of nitrogens with one attached hydrogen (secondary N) is 1. The summed E-state index contributed by atoms with van der Waals surface area (Å²) in [6.45, 7) is 6.43. The summed E-state index contributed by atoms with van der Waals surface area (Å²) in [7, 11) is 0. The molecule has 1 aromatic carbocycles. The molecule has 2 unspecified atom stereocenters. The molecule has 1 aromatic rings. The Labute approximate surface area is 144 Å². The average Bonchev–Trinajstić information content (AvgIpc) is 2.44. The van der Waals surface area contributed by atoms with Gasteiger partial charge in [0.2, 0.25) is 0 Å². The lowest BCUT2D eigenvalue weighted by Crippen LogP contribution is -2.34. The minimum atomic E-state index is -1.67. The zero-order valence-electron chi connectivity index (χ0n) is 14.6. The fourth-order valence-corrected chi connectivity index (χ4v) is 2.10. The Morgan fingerprint density at radius 3 is 2.52 bits per heavy atom. The predicted octanol–water partition coefficient (Wildman–Crippen LogP) is 2.35. The van der Waals surface area contributed by atoms with Gasteiger partial charge in [-0.2, -0.15) is 0 Å². The number of rotatable bonds is 6. The Balaban J connectivity index is 2.71. The van der Waals surface area contributed by atoms with Crippen molar-refractivity contribution in [3.05, 3.63) is 39.2 Å². The summed E-state index contributed by atoms with van der Waals surface area (Å²) in [5.41, 5.74) is -1.29. The topological polar surface area (TPSA) is 122 Å². The van der Waals surface area contributed by atoms with E-state index in [-0.39, 0.29) is 29.8 Å².